The van der Waals surface area contributed by atoms with Gasteiger partial charge in [-0.2, -0.15) is 5.26 Å². The zero-order valence-electron chi connectivity index (χ0n) is 20.6. The predicted octanol–water partition coefficient (Wildman–Crippen LogP) is 4.92. The number of amides is 2. The maximum atomic E-state index is 13.5. The molecular formula is C28H30Cl2N4O3. The van der Waals surface area contributed by atoms with Crippen LogP contribution < -0.4 is 4.74 Å². The Morgan fingerprint density at radius 1 is 0.973 bits per heavy atom. The zero-order chi connectivity index (χ0) is 25.9. The minimum Gasteiger partial charge on any atom is -0.478 e. The molecule has 0 spiro atoms. The van der Waals surface area contributed by atoms with E-state index in [0.717, 1.165) is 37.7 Å². The molecule has 2 amide bonds. The number of rotatable bonds is 7. The lowest BCUT2D eigenvalue weighted by Gasteiger charge is -2.33. The maximum absolute atomic E-state index is 13.5. The van der Waals surface area contributed by atoms with Crippen molar-refractivity contribution < 1.29 is 14.3 Å². The van der Waals surface area contributed by atoms with Gasteiger partial charge in [-0.3, -0.25) is 9.59 Å². The van der Waals surface area contributed by atoms with Crippen molar-refractivity contribution in [2.45, 2.75) is 38.0 Å². The van der Waals surface area contributed by atoms with Crippen LogP contribution >= 0.6 is 23.2 Å². The molecular weight excluding hydrogens is 511 g/mol. The number of nitriles is 1. The van der Waals surface area contributed by atoms with Crippen LogP contribution in [0, 0.1) is 29.1 Å². The molecule has 1 aromatic heterocycles. The lowest BCUT2D eigenvalue weighted by atomic mass is 9.87. The van der Waals surface area contributed by atoms with Crippen molar-refractivity contribution in [1.29, 1.82) is 5.26 Å². The number of hydrogen-bond donors (Lipinski definition) is 0. The van der Waals surface area contributed by atoms with E-state index in [-0.39, 0.29) is 35.5 Å². The van der Waals surface area contributed by atoms with Crippen molar-refractivity contribution in [1.82, 2.24) is 14.8 Å². The molecule has 0 radical (unpaired) electrons. The standard InChI is InChI=1S/C28H30Cl2N4O3/c29-24-5-4-21(13-25(24)30)23-17-34(16-22(23)9-12-37-26-6-1-18(14-31)15-32-26)28(36)20-7-10-33(11-8-20)27(35)19-2-3-19/h1,4-6,13,15,19-20,22-23H,2-3,7-12,16-17H2. The van der Waals surface area contributed by atoms with Gasteiger partial charge in [0, 0.05) is 56.2 Å². The zero-order valence-corrected chi connectivity index (χ0v) is 22.1. The Kier molecular flexibility index (Phi) is 7.87. The average Bonchev–Trinajstić information content (AvgIpc) is 3.69. The number of carbonyl (C=O) groups is 2. The van der Waals surface area contributed by atoms with Gasteiger partial charge in [0.2, 0.25) is 17.7 Å². The van der Waals surface area contributed by atoms with Gasteiger partial charge >= 0.3 is 0 Å². The lowest BCUT2D eigenvalue weighted by Crippen LogP contribution is -2.44. The number of hydrogen-bond acceptors (Lipinski definition) is 5. The molecule has 3 fully saturated rings. The summed E-state index contributed by atoms with van der Waals surface area (Å²) in [6, 6.07) is 11.1. The van der Waals surface area contributed by atoms with Crippen molar-refractivity contribution in [3.63, 3.8) is 0 Å². The Morgan fingerprint density at radius 3 is 2.35 bits per heavy atom. The highest BCUT2D eigenvalue weighted by molar-refractivity contribution is 6.42. The summed E-state index contributed by atoms with van der Waals surface area (Å²) in [7, 11) is 0. The third-order valence-electron chi connectivity index (χ3n) is 7.81. The third-order valence-corrected chi connectivity index (χ3v) is 8.55. The molecule has 2 unspecified atom stereocenters. The number of ether oxygens (including phenoxy) is 1. The molecule has 3 aliphatic rings. The van der Waals surface area contributed by atoms with Gasteiger partial charge in [-0.05, 0) is 61.8 Å². The molecule has 37 heavy (non-hydrogen) atoms. The second-order valence-corrected chi connectivity index (χ2v) is 11.1. The van der Waals surface area contributed by atoms with Crippen molar-refractivity contribution in [2.75, 3.05) is 32.8 Å². The van der Waals surface area contributed by atoms with Gasteiger partial charge in [0.15, 0.2) is 0 Å². The molecule has 2 atom stereocenters. The average molecular weight is 541 g/mol. The molecule has 0 N–H and O–H groups in total. The molecule has 0 bridgehead atoms. The topological polar surface area (TPSA) is 86.5 Å². The minimum atomic E-state index is -0.0458. The second-order valence-electron chi connectivity index (χ2n) is 10.3. The van der Waals surface area contributed by atoms with Crippen LogP contribution in [0.25, 0.3) is 0 Å². The van der Waals surface area contributed by atoms with Gasteiger partial charge in [-0.1, -0.05) is 29.3 Å². The van der Waals surface area contributed by atoms with E-state index >= 15 is 0 Å². The largest absolute Gasteiger partial charge is 0.478 e. The number of piperidine rings is 1. The van der Waals surface area contributed by atoms with Crippen LogP contribution in [0.1, 0.15) is 49.1 Å². The number of benzene rings is 1. The van der Waals surface area contributed by atoms with E-state index in [1.54, 1.807) is 12.1 Å². The van der Waals surface area contributed by atoms with E-state index in [2.05, 4.69) is 11.1 Å². The first-order valence-electron chi connectivity index (χ1n) is 12.9. The summed E-state index contributed by atoms with van der Waals surface area (Å²) >= 11 is 12.5. The van der Waals surface area contributed by atoms with Crippen molar-refractivity contribution in [2.24, 2.45) is 17.8 Å². The van der Waals surface area contributed by atoms with Crippen LogP contribution in [0.3, 0.4) is 0 Å². The molecule has 2 aromatic rings. The fourth-order valence-corrected chi connectivity index (χ4v) is 5.81. The number of pyridine rings is 1. The monoisotopic (exact) mass is 540 g/mol. The minimum absolute atomic E-state index is 0.0458. The SMILES string of the molecule is N#Cc1ccc(OCCC2CN(C(=O)C3CCN(C(=O)C4CC4)CC3)CC2c2ccc(Cl)c(Cl)c2)nc1. The Morgan fingerprint density at radius 2 is 1.70 bits per heavy atom. The molecule has 5 rings (SSSR count). The molecule has 194 valence electrons. The Labute approximate surface area is 227 Å². The van der Waals surface area contributed by atoms with Gasteiger partial charge in [0.1, 0.15) is 6.07 Å². The quantitative estimate of drug-likeness (QED) is 0.497. The fourth-order valence-electron chi connectivity index (χ4n) is 5.50. The van der Waals surface area contributed by atoms with E-state index in [1.807, 2.05) is 28.0 Å². The molecule has 7 nitrogen and oxygen atoms in total. The second kappa shape index (κ2) is 11.3. The predicted molar refractivity (Wildman–Crippen MR) is 140 cm³/mol. The first-order chi connectivity index (χ1) is 17.9. The number of nitrogens with zero attached hydrogens (tertiary/aromatic N) is 4. The third kappa shape index (κ3) is 6.02. The number of likely N-dealkylation sites (tertiary alicyclic amines) is 2. The summed E-state index contributed by atoms with van der Waals surface area (Å²) in [6.07, 6.45) is 5.70. The Hall–Kier alpha value is -2.82. The highest BCUT2D eigenvalue weighted by Gasteiger charge is 2.40. The molecule has 1 saturated carbocycles. The number of carbonyl (C=O) groups excluding carboxylic acids is 2. The van der Waals surface area contributed by atoms with E-state index < -0.39 is 0 Å². The first kappa shape index (κ1) is 25.8. The van der Waals surface area contributed by atoms with E-state index in [9.17, 15) is 9.59 Å². The van der Waals surface area contributed by atoms with E-state index in [4.69, 9.17) is 33.2 Å². The molecule has 9 heteroatoms. The molecule has 3 heterocycles. The molecule has 1 aromatic carbocycles. The summed E-state index contributed by atoms with van der Waals surface area (Å²) in [4.78, 5) is 34.0. The van der Waals surface area contributed by atoms with Crippen LogP contribution in [0.5, 0.6) is 5.88 Å². The van der Waals surface area contributed by atoms with Crippen LogP contribution in [-0.2, 0) is 9.59 Å². The van der Waals surface area contributed by atoms with Gasteiger partial charge in [0.05, 0.1) is 22.2 Å². The molecule has 2 aliphatic heterocycles. The number of halogens is 2. The van der Waals surface area contributed by atoms with Crippen LogP contribution in [-0.4, -0.2) is 59.4 Å². The summed E-state index contributed by atoms with van der Waals surface area (Å²) in [5.74, 6) is 1.41. The maximum Gasteiger partial charge on any atom is 0.225 e. The first-order valence-corrected chi connectivity index (χ1v) is 13.7. The van der Waals surface area contributed by atoms with Gasteiger partial charge < -0.3 is 14.5 Å². The van der Waals surface area contributed by atoms with Crippen molar-refractivity contribution >= 4 is 35.0 Å². The van der Waals surface area contributed by atoms with Gasteiger partial charge in [0.25, 0.3) is 0 Å². The summed E-state index contributed by atoms with van der Waals surface area (Å²) in [6.45, 7) is 3.06. The summed E-state index contributed by atoms with van der Waals surface area (Å²) < 4.78 is 5.86. The molecule has 2 saturated heterocycles. The number of aromatic nitrogens is 1. The fraction of sp³-hybridized carbons (Fsp3) is 0.500. The van der Waals surface area contributed by atoms with Crippen LogP contribution in [0.4, 0.5) is 0 Å². The van der Waals surface area contributed by atoms with Gasteiger partial charge in [-0.25, -0.2) is 4.98 Å². The van der Waals surface area contributed by atoms with E-state index in [1.165, 1.54) is 6.20 Å². The van der Waals surface area contributed by atoms with Crippen LogP contribution in [0.15, 0.2) is 36.5 Å². The smallest absolute Gasteiger partial charge is 0.225 e. The van der Waals surface area contributed by atoms with Crippen molar-refractivity contribution in [3.05, 3.63) is 57.7 Å². The Balaban J connectivity index is 1.23. The summed E-state index contributed by atoms with van der Waals surface area (Å²) in [5.41, 5.74) is 1.55. The summed E-state index contributed by atoms with van der Waals surface area (Å²) in [5, 5.41) is 9.97. The highest BCUT2D eigenvalue weighted by Crippen LogP contribution is 2.39. The van der Waals surface area contributed by atoms with E-state index in [0.29, 0.717) is 54.3 Å². The van der Waals surface area contributed by atoms with Crippen molar-refractivity contribution in [3.8, 4) is 11.9 Å². The highest BCUT2D eigenvalue weighted by atomic mass is 35.5. The Bertz CT molecular complexity index is 1190. The lowest BCUT2D eigenvalue weighted by molar-refractivity contribution is -0.140. The molecule has 1 aliphatic carbocycles. The van der Waals surface area contributed by atoms with Gasteiger partial charge in [-0.15, -0.1) is 0 Å². The normalized spacial score (nSPS) is 22.1. The van der Waals surface area contributed by atoms with Crippen LogP contribution in [0.2, 0.25) is 10.0 Å².